The third kappa shape index (κ3) is 5.18. The van der Waals surface area contributed by atoms with Gasteiger partial charge in [0.1, 0.15) is 0 Å². The maximum Gasteiger partial charge on any atom is 0.274 e. The average Bonchev–Trinajstić information content (AvgIpc) is 1.94. The summed E-state index contributed by atoms with van der Waals surface area (Å²) in [6.45, 7) is 7.08. The van der Waals surface area contributed by atoms with Gasteiger partial charge in [-0.05, 0) is 38.3 Å². The predicted molar refractivity (Wildman–Crippen MR) is 69.5 cm³/mol. The largest absolute Gasteiger partial charge is 0.314 e. The third-order valence-corrected chi connectivity index (χ3v) is 13.7. The first kappa shape index (κ1) is 15.3. The zero-order valence-electron chi connectivity index (χ0n) is 10.4. The van der Waals surface area contributed by atoms with E-state index in [-0.39, 0.29) is 0 Å². The molecule has 0 saturated carbocycles. The summed E-state index contributed by atoms with van der Waals surface area (Å²) in [7, 11) is -12.9. The van der Waals surface area contributed by atoms with Crippen molar-refractivity contribution < 1.29 is 24.6 Å². The Kier molecular flexibility index (Phi) is 3.98. The lowest BCUT2D eigenvalue weighted by Gasteiger charge is -2.23. The highest BCUT2D eigenvalue weighted by Gasteiger charge is 2.41. The van der Waals surface area contributed by atoms with Crippen LogP contribution in [0.3, 0.4) is 0 Å². The highest BCUT2D eigenvalue weighted by atomic mass is 32.3. The fourth-order valence-electron chi connectivity index (χ4n) is 1.60. The van der Waals surface area contributed by atoms with Gasteiger partial charge in [-0.1, -0.05) is 0 Å². The predicted octanol–water partition coefficient (Wildman–Crippen LogP) is 1.06. The van der Waals surface area contributed by atoms with E-state index in [9.17, 15) is 16.8 Å². The van der Waals surface area contributed by atoms with Gasteiger partial charge in [-0.25, -0.2) is 0 Å². The van der Waals surface area contributed by atoms with E-state index in [4.69, 9.17) is 7.74 Å². The fraction of sp³-hybridized carbons (Fsp3) is 1.00. The van der Waals surface area contributed by atoms with Gasteiger partial charge in [0, 0.05) is 0 Å². The molecule has 0 aliphatic carbocycles. The second kappa shape index (κ2) is 4.42. The first-order chi connectivity index (χ1) is 7.33. The van der Waals surface area contributed by atoms with Crippen molar-refractivity contribution in [1.82, 2.24) is 0 Å². The summed E-state index contributed by atoms with van der Waals surface area (Å²) in [5, 5.41) is -1.08. The Hall–Kier alpha value is 0.254. The van der Waals surface area contributed by atoms with Crippen molar-refractivity contribution in [3.05, 3.63) is 0 Å². The van der Waals surface area contributed by atoms with Gasteiger partial charge in [0.05, 0.1) is 0 Å². The molecule has 1 heterocycles. The van der Waals surface area contributed by atoms with Crippen LogP contribution in [0.1, 0.15) is 0 Å². The molecule has 102 valence electrons. The maximum atomic E-state index is 11.6. The van der Waals surface area contributed by atoms with Gasteiger partial charge in [-0.3, -0.25) is 0 Å². The van der Waals surface area contributed by atoms with Crippen LogP contribution in [0.25, 0.3) is 0 Å². The average molecular weight is 319 g/mol. The van der Waals surface area contributed by atoms with Crippen LogP contribution in [0.15, 0.2) is 0 Å². The zero-order chi connectivity index (χ0) is 13.5. The highest BCUT2D eigenvalue weighted by Crippen LogP contribution is 2.27. The second-order valence-corrected chi connectivity index (χ2v) is 18.0. The van der Waals surface area contributed by atoms with Gasteiger partial charge in [0.15, 0.2) is 0 Å². The second-order valence-electron chi connectivity index (χ2n) is 5.42. The smallest absolute Gasteiger partial charge is 0.274 e. The van der Waals surface area contributed by atoms with Crippen LogP contribution in [-0.4, -0.2) is 38.6 Å². The van der Waals surface area contributed by atoms with Crippen molar-refractivity contribution in [2.45, 2.75) is 38.3 Å². The number of hydrogen-bond donors (Lipinski definition) is 0. The molecule has 0 amide bonds. The van der Waals surface area contributed by atoms with Crippen LogP contribution in [0.2, 0.25) is 38.3 Å². The van der Waals surface area contributed by atoms with E-state index in [1.807, 2.05) is 0 Å². The molecule has 0 spiro atoms. The number of hydrogen-bond acceptors (Lipinski definition) is 6. The lowest BCUT2D eigenvalue weighted by atomic mass is 10.9. The van der Waals surface area contributed by atoms with Crippen molar-refractivity contribution in [2.75, 3.05) is 5.08 Å². The van der Waals surface area contributed by atoms with Crippen LogP contribution in [0.4, 0.5) is 0 Å². The van der Waals surface area contributed by atoms with E-state index < -0.39 is 42.0 Å². The molecule has 0 radical (unpaired) electrons. The molecule has 0 N–H and O–H groups in total. The Morgan fingerprint density at radius 1 is 0.765 bits per heavy atom. The van der Waals surface area contributed by atoms with Gasteiger partial charge in [-0.2, -0.15) is 16.8 Å². The third-order valence-electron chi connectivity index (χ3n) is 2.32. The van der Waals surface area contributed by atoms with Crippen LogP contribution >= 0.6 is 0 Å². The Morgan fingerprint density at radius 3 is 1.35 bits per heavy atom. The van der Waals surface area contributed by atoms with Gasteiger partial charge in [-0.15, -0.1) is 0 Å². The maximum absolute atomic E-state index is 11.6. The minimum atomic E-state index is -4.06. The molecule has 0 aromatic heterocycles. The van der Waals surface area contributed by atoms with E-state index in [0.29, 0.717) is 12.1 Å². The summed E-state index contributed by atoms with van der Waals surface area (Å²) < 4.78 is 56.4. The standard InChI is InChI=1S/C7H18O6S2Si2/c1-16(2)5-6-17(3,4)13-15(10,11)7-14(8,9)12-16/h5-7H2,1-4H3. The van der Waals surface area contributed by atoms with Gasteiger partial charge >= 0.3 is 0 Å². The SMILES string of the molecule is C[Si]1(C)CC[Si](C)(C)OS(=O)(=O)CS(=O)(=O)O1. The zero-order valence-corrected chi connectivity index (χ0v) is 14.0. The van der Waals surface area contributed by atoms with Crippen LogP contribution in [-0.2, 0) is 28.0 Å². The van der Waals surface area contributed by atoms with Crippen LogP contribution < -0.4 is 0 Å². The molecule has 10 heteroatoms. The van der Waals surface area contributed by atoms with Crippen molar-refractivity contribution >= 4 is 36.9 Å². The lowest BCUT2D eigenvalue weighted by molar-refractivity contribution is 0.478. The quantitative estimate of drug-likeness (QED) is 0.621. The summed E-state index contributed by atoms with van der Waals surface area (Å²) in [5.74, 6) is 0. The summed E-state index contributed by atoms with van der Waals surface area (Å²) in [6.07, 6.45) is 0. The number of rotatable bonds is 0. The van der Waals surface area contributed by atoms with E-state index in [2.05, 4.69) is 0 Å². The van der Waals surface area contributed by atoms with Crippen LogP contribution in [0, 0.1) is 0 Å². The minimum absolute atomic E-state index is 0.584. The molecular weight excluding hydrogens is 300 g/mol. The Bertz CT molecular complexity index is 446. The van der Waals surface area contributed by atoms with Crippen molar-refractivity contribution in [2.24, 2.45) is 0 Å². The molecule has 1 fully saturated rings. The van der Waals surface area contributed by atoms with E-state index in [1.165, 1.54) is 0 Å². The van der Waals surface area contributed by atoms with E-state index in [0.717, 1.165) is 0 Å². The summed E-state index contributed by atoms with van der Waals surface area (Å²) in [4.78, 5) is 0. The molecule has 1 saturated heterocycles. The van der Waals surface area contributed by atoms with Gasteiger partial charge in [0.2, 0.25) is 21.7 Å². The summed E-state index contributed by atoms with van der Waals surface area (Å²) in [5.41, 5.74) is 0. The molecule has 0 bridgehead atoms. The summed E-state index contributed by atoms with van der Waals surface area (Å²) >= 11 is 0. The first-order valence-corrected chi connectivity index (χ1v) is 14.6. The molecule has 6 nitrogen and oxygen atoms in total. The van der Waals surface area contributed by atoms with Crippen molar-refractivity contribution in [3.63, 3.8) is 0 Å². The monoisotopic (exact) mass is 318 g/mol. The van der Waals surface area contributed by atoms with Crippen molar-refractivity contribution in [3.8, 4) is 0 Å². The molecule has 0 aromatic rings. The fourth-order valence-corrected chi connectivity index (χ4v) is 15.2. The van der Waals surface area contributed by atoms with E-state index in [1.54, 1.807) is 26.2 Å². The molecule has 0 atom stereocenters. The van der Waals surface area contributed by atoms with Gasteiger partial charge in [0.25, 0.3) is 20.2 Å². The first-order valence-electron chi connectivity index (χ1n) is 5.19. The summed E-state index contributed by atoms with van der Waals surface area (Å²) in [6, 6.07) is 1.17. The molecule has 1 rings (SSSR count). The molecule has 0 aromatic carbocycles. The lowest BCUT2D eigenvalue weighted by Crippen LogP contribution is -2.36. The molecule has 1 aliphatic rings. The Balaban J connectivity index is 3.16. The Morgan fingerprint density at radius 2 is 1.06 bits per heavy atom. The van der Waals surface area contributed by atoms with Crippen molar-refractivity contribution in [1.29, 1.82) is 0 Å². The minimum Gasteiger partial charge on any atom is -0.314 e. The van der Waals surface area contributed by atoms with Gasteiger partial charge < -0.3 is 7.74 Å². The molecule has 17 heavy (non-hydrogen) atoms. The topological polar surface area (TPSA) is 86.7 Å². The molecular formula is C7H18O6S2Si2. The normalized spacial score (nSPS) is 30.8. The van der Waals surface area contributed by atoms with Crippen LogP contribution in [0.5, 0.6) is 0 Å². The molecule has 0 unspecified atom stereocenters. The highest BCUT2D eigenvalue weighted by molar-refractivity contribution is 8.04. The molecule has 1 aliphatic heterocycles. The van der Waals surface area contributed by atoms with E-state index >= 15 is 0 Å². The Labute approximate surface area is 105 Å².